The van der Waals surface area contributed by atoms with Crippen LogP contribution in [0.2, 0.25) is 0 Å². The van der Waals surface area contributed by atoms with Crippen molar-refractivity contribution in [3.05, 3.63) is 12.7 Å². The molecule has 2 N–H and O–H groups in total. The number of amides is 1. The normalized spacial score (nSPS) is 14.4. The van der Waals surface area contributed by atoms with E-state index in [-0.39, 0.29) is 5.75 Å². The number of carbonyl (C=O) groups is 1. The van der Waals surface area contributed by atoms with Crippen molar-refractivity contribution in [1.82, 2.24) is 5.32 Å². The lowest BCUT2D eigenvalue weighted by molar-refractivity contribution is -0.122. The number of hydrogen-bond acceptors (Lipinski definition) is 5. The van der Waals surface area contributed by atoms with Crippen LogP contribution in [-0.4, -0.2) is 37.4 Å². The minimum absolute atomic E-state index is 0.367. The molecular formula is C8H14N2O4S. The molecule has 0 aromatic heterocycles. The van der Waals surface area contributed by atoms with Crippen LogP contribution in [0, 0.1) is 5.92 Å². The predicted octanol–water partition coefficient (Wildman–Crippen LogP) is -0.243. The Morgan fingerprint density at radius 3 is 2.53 bits per heavy atom. The summed E-state index contributed by atoms with van der Waals surface area (Å²) in [4.78, 5) is 11.2. The van der Waals surface area contributed by atoms with Gasteiger partial charge in [0.2, 0.25) is 5.91 Å². The lowest BCUT2D eigenvalue weighted by Crippen LogP contribution is -2.35. The zero-order valence-corrected chi connectivity index (χ0v) is 9.41. The fraction of sp³-hybridized carbons (Fsp3) is 0.500. The first kappa shape index (κ1) is 13.6. The smallest absolute Gasteiger partial charge is 0.229 e. The molecule has 0 aliphatic rings. The van der Waals surface area contributed by atoms with Crippen molar-refractivity contribution < 1.29 is 18.4 Å². The van der Waals surface area contributed by atoms with E-state index in [0.717, 1.165) is 6.08 Å². The van der Waals surface area contributed by atoms with E-state index in [1.54, 1.807) is 0 Å². The second-order valence-corrected chi connectivity index (χ2v) is 4.83. The lowest BCUT2D eigenvalue weighted by atomic mass is 10.2. The molecule has 1 atom stereocenters. The molecule has 0 aromatic rings. The fourth-order valence-corrected chi connectivity index (χ4v) is 2.24. The van der Waals surface area contributed by atoms with Gasteiger partial charge in [0.15, 0.2) is 14.9 Å². The summed E-state index contributed by atoms with van der Waals surface area (Å²) in [5.41, 5.74) is 0. The van der Waals surface area contributed by atoms with Crippen molar-refractivity contribution in [1.29, 1.82) is 0 Å². The Kier molecular flexibility index (Phi) is 4.99. The molecule has 7 heteroatoms. The molecule has 0 fully saturated rings. The Morgan fingerprint density at radius 2 is 2.20 bits per heavy atom. The molecule has 0 aromatic carbocycles. The van der Waals surface area contributed by atoms with Crippen molar-refractivity contribution in [3.63, 3.8) is 0 Å². The zero-order chi connectivity index (χ0) is 12.1. The summed E-state index contributed by atoms with van der Waals surface area (Å²) in [7, 11) is -2.39. The molecule has 0 spiro atoms. The van der Waals surface area contributed by atoms with Gasteiger partial charge in [-0.15, -0.1) is 6.58 Å². The Labute approximate surface area is 88.6 Å². The maximum Gasteiger partial charge on any atom is 0.229 e. The lowest BCUT2D eigenvalue weighted by Gasteiger charge is -2.10. The molecule has 1 unspecified atom stereocenters. The summed E-state index contributed by atoms with van der Waals surface area (Å²) in [5, 5.41) is 13.0. The zero-order valence-electron chi connectivity index (χ0n) is 8.60. The van der Waals surface area contributed by atoms with Gasteiger partial charge in [-0.2, -0.15) is 0 Å². The SMILES string of the molecule is C=CCS(=O)(=O)/C(=N/O)C(C)C(=O)NC. The third kappa shape index (κ3) is 3.35. The van der Waals surface area contributed by atoms with Crippen LogP contribution in [0.5, 0.6) is 0 Å². The van der Waals surface area contributed by atoms with E-state index >= 15 is 0 Å². The number of nitrogens with one attached hydrogen (secondary N) is 1. The average Bonchev–Trinajstić information content (AvgIpc) is 2.16. The van der Waals surface area contributed by atoms with Crippen LogP contribution < -0.4 is 5.32 Å². The molecule has 0 saturated heterocycles. The van der Waals surface area contributed by atoms with E-state index in [9.17, 15) is 13.2 Å². The van der Waals surface area contributed by atoms with Gasteiger partial charge in [-0.25, -0.2) is 8.42 Å². The maximum absolute atomic E-state index is 11.5. The number of oxime groups is 1. The third-order valence-electron chi connectivity index (χ3n) is 1.76. The van der Waals surface area contributed by atoms with Crippen LogP contribution in [0.25, 0.3) is 0 Å². The highest BCUT2D eigenvalue weighted by Crippen LogP contribution is 2.07. The van der Waals surface area contributed by atoms with E-state index in [2.05, 4.69) is 17.1 Å². The topological polar surface area (TPSA) is 95.8 Å². The molecule has 6 nitrogen and oxygen atoms in total. The van der Waals surface area contributed by atoms with Gasteiger partial charge in [-0.1, -0.05) is 11.2 Å². The molecule has 0 saturated carbocycles. The van der Waals surface area contributed by atoms with Crippen LogP contribution in [0.1, 0.15) is 6.92 Å². The summed E-state index contributed by atoms with van der Waals surface area (Å²) >= 11 is 0. The summed E-state index contributed by atoms with van der Waals surface area (Å²) in [5.74, 6) is -1.92. The van der Waals surface area contributed by atoms with Gasteiger partial charge in [0.05, 0.1) is 11.7 Å². The molecule has 0 rings (SSSR count). The molecule has 0 heterocycles. The monoisotopic (exact) mass is 234 g/mol. The highest BCUT2D eigenvalue weighted by Gasteiger charge is 2.29. The Balaban J connectivity index is 5.11. The molecule has 0 aliphatic heterocycles. The van der Waals surface area contributed by atoms with Crippen LogP contribution in [-0.2, 0) is 14.6 Å². The van der Waals surface area contributed by atoms with Gasteiger partial charge >= 0.3 is 0 Å². The van der Waals surface area contributed by atoms with E-state index < -0.39 is 26.7 Å². The first-order valence-electron chi connectivity index (χ1n) is 4.18. The quantitative estimate of drug-likeness (QED) is 0.231. The van der Waals surface area contributed by atoms with Crippen LogP contribution >= 0.6 is 0 Å². The number of carbonyl (C=O) groups excluding carboxylic acids is 1. The Morgan fingerprint density at radius 1 is 1.67 bits per heavy atom. The standard InChI is InChI=1S/C8H14N2O4S/c1-4-5-15(13,14)8(10-12)6(2)7(11)9-3/h4,6,12H,1,5H2,2-3H3,(H,9,11)/b10-8+. The van der Waals surface area contributed by atoms with Gasteiger partial charge < -0.3 is 10.5 Å². The first-order valence-corrected chi connectivity index (χ1v) is 5.83. The second kappa shape index (κ2) is 5.50. The fourth-order valence-electron chi connectivity index (χ4n) is 0.987. The molecule has 1 amide bonds. The molecule has 0 radical (unpaired) electrons. The summed E-state index contributed by atoms with van der Waals surface area (Å²) in [6, 6.07) is 0. The number of sulfone groups is 1. The molecule has 86 valence electrons. The van der Waals surface area contributed by atoms with Crippen molar-refractivity contribution >= 4 is 20.8 Å². The minimum atomic E-state index is -3.76. The minimum Gasteiger partial charge on any atom is -0.410 e. The van der Waals surface area contributed by atoms with Crippen LogP contribution in [0.3, 0.4) is 0 Å². The average molecular weight is 234 g/mol. The van der Waals surface area contributed by atoms with Gasteiger partial charge in [0, 0.05) is 7.05 Å². The molecule has 15 heavy (non-hydrogen) atoms. The maximum atomic E-state index is 11.5. The Hall–Kier alpha value is -1.37. The molecular weight excluding hydrogens is 220 g/mol. The van der Waals surface area contributed by atoms with Crippen LogP contribution in [0.4, 0.5) is 0 Å². The number of hydrogen-bond donors (Lipinski definition) is 2. The van der Waals surface area contributed by atoms with Crippen molar-refractivity contribution in [3.8, 4) is 0 Å². The number of rotatable bonds is 4. The third-order valence-corrected chi connectivity index (χ3v) is 3.51. The molecule has 0 bridgehead atoms. The second-order valence-electron chi connectivity index (χ2n) is 2.84. The van der Waals surface area contributed by atoms with Gasteiger partial charge in [-0.05, 0) is 6.92 Å². The van der Waals surface area contributed by atoms with Gasteiger partial charge in [-0.3, -0.25) is 4.79 Å². The highest BCUT2D eigenvalue weighted by molar-refractivity contribution is 8.06. The summed E-state index contributed by atoms with van der Waals surface area (Å²) in [6.07, 6.45) is 1.16. The number of nitrogens with zero attached hydrogens (tertiary/aromatic N) is 1. The van der Waals surface area contributed by atoms with E-state index in [0.29, 0.717) is 0 Å². The van der Waals surface area contributed by atoms with Crippen molar-refractivity contribution in [2.24, 2.45) is 11.1 Å². The molecule has 0 aliphatic carbocycles. The largest absolute Gasteiger partial charge is 0.410 e. The van der Waals surface area contributed by atoms with Gasteiger partial charge in [0.25, 0.3) is 0 Å². The summed E-state index contributed by atoms with van der Waals surface area (Å²) < 4.78 is 23.0. The van der Waals surface area contributed by atoms with E-state index in [1.165, 1.54) is 14.0 Å². The van der Waals surface area contributed by atoms with E-state index in [1.807, 2.05) is 0 Å². The highest BCUT2D eigenvalue weighted by atomic mass is 32.2. The Bertz CT molecular complexity index is 372. The van der Waals surface area contributed by atoms with Crippen LogP contribution in [0.15, 0.2) is 17.8 Å². The summed E-state index contributed by atoms with van der Waals surface area (Å²) in [6.45, 7) is 4.61. The van der Waals surface area contributed by atoms with E-state index in [4.69, 9.17) is 5.21 Å². The van der Waals surface area contributed by atoms with Crippen molar-refractivity contribution in [2.45, 2.75) is 6.92 Å². The first-order chi connectivity index (χ1) is 6.90. The van der Waals surface area contributed by atoms with Gasteiger partial charge in [0.1, 0.15) is 0 Å². The predicted molar refractivity (Wildman–Crippen MR) is 56.4 cm³/mol. The van der Waals surface area contributed by atoms with Crippen molar-refractivity contribution in [2.75, 3.05) is 12.8 Å².